The van der Waals surface area contributed by atoms with Crippen LogP contribution in [-0.2, 0) is 10.0 Å². The number of nitrogens with zero attached hydrogens (tertiary/aromatic N) is 3. The number of sulfonamides is 1. The number of aromatic nitrogens is 1. The Bertz CT molecular complexity index is 758. The molecule has 1 N–H and O–H groups in total. The van der Waals surface area contributed by atoms with Crippen LogP contribution in [0.3, 0.4) is 0 Å². The van der Waals surface area contributed by atoms with E-state index in [2.05, 4.69) is 10.3 Å². The molecule has 0 fully saturated rings. The molecule has 112 valence electrons. The second-order valence-electron chi connectivity index (χ2n) is 3.95. The van der Waals surface area contributed by atoms with Crippen molar-refractivity contribution < 1.29 is 13.3 Å². The third kappa shape index (κ3) is 2.81. The molecule has 2 aromatic rings. The zero-order chi connectivity index (χ0) is 15.6. The smallest absolute Gasteiger partial charge is 0.304 e. The molecule has 0 aliphatic rings. The number of rotatable bonds is 5. The fourth-order valence-electron chi connectivity index (χ4n) is 1.60. The number of nitro groups is 1. The minimum Gasteiger partial charge on any atom is -0.374 e. The van der Waals surface area contributed by atoms with E-state index in [-0.39, 0.29) is 20.7 Å². The van der Waals surface area contributed by atoms with Crippen LogP contribution in [0, 0.1) is 10.1 Å². The first-order valence-electron chi connectivity index (χ1n) is 5.74. The van der Waals surface area contributed by atoms with Gasteiger partial charge < -0.3 is 5.32 Å². The van der Waals surface area contributed by atoms with Crippen LogP contribution in [0.15, 0.2) is 34.7 Å². The largest absolute Gasteiger partial charge is 0.374 e. The van der Waals surface area contributed by atoms with Crippen LogP contribution in [0.1, 0.15) is 0 Å². The molecule has 0 saturated carbocycles. The highest BCUT2D eigenvalue weighted by molar-refractivity contribution is 7.94. The predicted octanol–water partition coefficient (Wildman–Crippen LogP) is 1.92. The van der Waals surface area contributed by atoms with Gasteiger partial charge in [0.25, 0.3) is 10.0 Å². The van der Waals surface area contributed by atoms with E-state index >= 15 is 0 Å². The van der Waals surface area contributed by atoms with Crippen LogP contribution in [0.5, 0.6) is 0 Å². The minimum absolute atomic E-state index is 0.119. The lowest BCUT2D eigenvalue weighted by Gasteiger charge is -2.16. The van der Waals surface area contributed by atoms with E-state index in [0.29, 0.717) is 0 Å². The summed E-state index contributed by atoms with van der Waals surface area (Å²) < 4.78 is 25.8. The monoisotopic (exact) mass is 328 g/mol. The van der Waals surface area contributed by atoms with Gasteiger partial charge in [-0.25, -0.2) is 13.4 Å². The molecule has 0 spiro atoms. The lowest BCUT2D eigenvalue weighted by molar-refractivity contribution is -0.383. The molecular weight excluding hydrogens is 316 g/mol. The fraction of sp³-hybridized carbons (Fsp3) is 0.182. The zero-order valence-electron chi connectivity index (χ0n) is 11.2. The van der Waals surface area contributed by atoms with Gasteiger partial charge in [0.1, 0.15) is 10.0 Å². The highest BCUT2D eigenvalue weighted by atomic mass is 32.2. The van der Waals surface area contributed by atoms with E-state index in [4.69, 9.17) is 0 Å². The molecule has 0 bridgehead atoms. The quantitative estimate of drug-likeness (QED) is 0.664. The third-order valence-electron chi connectivity index (χ3n) is 2.70. The average molecular weight is 328 g/mol. The van der Waals surface area contributed by atoms with E-state index in [9.17, 15) is 18.5 Å². The Labute approximate surface area is 125 Å². The average Bonchev–Trinajstić information content (AvgIpc) is 2.92. The minimum atomic E-state index is -3.89. The van der Waals surface area contributed by atoms with Crippen LogP contribution >= 0.6 is 11.3 Å². The maximum absolute atomic E-state index is 12.5. The molecule has 2 aromatic heterocycles. The van der Waals surface area contributed by atoms with Gasteiger partial charge in [-0.2, -0.15) is 0 Å². The van der Waals surface area contributed by atoms with Crippen LogP contribution in [0.4, 0.5) is 16.5 Å². The van der Waals surface area contributed by atoms with E-state index in [1.54, 1.807) is 18.2 Å². The summed E-state index contributed by atoms with van der Waals surface area (Å²) in [4.78, 5) is 14.2. The summed E-state index contributed by atoms with van der Waals surface area (Å²) in [5, 5.41) is 13.7. The summed E-state index contributed by atoms with van der Waals surface area (Å²) in [5.74, 6) is 0.236. The summed E-state index contributed by atoms with van der Waals surface area (Å²) >= 11 is 0.808. The van der Waals surface area contributed by atoms with E-state index in [0.717, 1.165) is 21.7 Å². The molecule has 0 aromatic carbocycles. The number of pyridine rings is 1. The van der Waals surface area contributed by atoms with Crippen LogP contribution in [0.25, 0.3) is 0 Å². The molecule has 0 unspecified atom stereocenters. The molecule has 8 nitrogen and oxygen atoms in total. The molecule has 2 heterocycles. The maximum Gasteiger partial charge on any atom is 0.304 e. The van der Waals surface area contributed by atoms with Gasteiger partial charge in [0.2, 0.25) is 0 Å². The first-order valence-corrected chi connectivity index (χ1v) is 7.99. The van der Waals surface area contributed by atoms with Crippen molar-refractivity contribution in [3.8, 4) is 0 Å². The van der Waals surface area contributed by atoms with Crippen molar-refractivity contribution in [1.82, 2.24) is 4.98 Å². The van der Waals surface area contributed by atoms with Gasteiger partial charge in [-0.1, -0.05) is 17.4 Å². The molecule has 0 atom stereocenters. The SMILES string of the molecule is CNc1sc(S(=O)(=O)N(C)c2ccccn2)cc1[N+](=O)[O-]. The summed E-state index contributed by atoms with van der Waals surface area (Å²) in [6, 6.07) is 5.91. The Hall–Kier alpha value is -2.20. The van der Waals surface area contributed by atoms with Gasteiger partial charge in [0.05, 0.1) is 4.92 Å². The lowest BCUT2D eigenvalue weighted by atomic mass is 10.5. The second-order valence-corrected chi connectivity index (χ2v) is 7.20. The first-order chi connectivity index (χ1) is 9.87. The molecule has 0 aliphatic heterocycles. The van der Waals surface area contributed by atoms with Crippen LogP contribution in [-0.4, -0.2) is 32.4 Å². The molecule has 0 radical (unpaired) electrons. The highest BCUT2D eigenvalue weighted by Gasteiger charge is 2.29. The third-order valence-corrected chi connectivity index (χ3v) is 6.05. The van der Waals surface area contributed by atoms with Crippen LogP contribution < -0.4 is 9.62 Å². The first kappa shape index (κ1) is 15.2. The Morgan fingerprint density at radius 2 is 2.14 bits per heavy atom. The molecule has 0 amide bonds. The van der Waals surface area contributed by atoms with E-state index in [1.807, 2.05) is 0 Å². The van der Waals surface area contributed by atoms with Crippen molar-refractivity contribution in [3.63, 3.8) is 0 Å². The van der Waals surface area contributed by atoms with E-state index in [1.165, 1.54) is 20.3 Å². The standard InChI is InChI=1S/C11H12N4O4S2/c1-12-11-8(15(16)17)7-10(20-11)21(18,19)14(2)9-5-3-4-6-13-9/h3-7,12H,1-2H3. The lowest BCUT2D eigenvalue weighted by Crippen LogP contribution is -2.26. The number of thiophene rings is 1. The molecule has 0 aliphatic carbocycles. The summed E-state index contributed by atoms with van der Waals surface area (Å²) in [7, 11) is -1.05. The van der Waals surface area contributed by atoms with Crippen molar-refractivity contribution in [2.75, 3.05) is 23.7 Å². The summed E-state index contributed by atoms with van der Waals surface area (Å²) in [6.45, 7) is 0. The van der Waals surface area contributed by atoms with Crippen molar-refractivity contribution in [3.05, 3.63) is 40.6 Å². The van der Waals surface area contributed by atoms with Gasteiger partial charge >= 0.3 is 5.69 Å². The number of hydrogen-bond donors (Lipinski definition) is 1. The van der Waals surface area contributed by atoms with Crippen LogP contribution in [0.2, 0.25) is 0 Å². The summed E-state index contributed by atoms with van der Waals surface area (Å²) in [5.41, 5.74) is -0.268. The molecule has 10 heteroatoms. The van der Waals surface area contributed by atoms with Gasteiger partial charge in [0.15, 0.2) is 5.00 Å². The Morgan fingerprint density at radius 1 is 1.43 bits per heavy atom. The molecule has 0 saturated heterocycles. The normalized spacial score (nSPS) is 11.1. The van der Waals surface area contributed by atoms with Gasteiger partial charge in [-0.3, -0.25) is 14.4 Å². The zero-order valence-corrected chi connectivity index (χ0v) is 12.8. The Balaban J connectivity index is 2.47. The summed E-state index contributed by atoms with van der Waals surface area (Å²) in [6.07, 6.45) is 1.47. The maximum atomic E-state index is 12.5. The molecule has 21 heavy (non-hydrogen) atoms. The Morgan fingerprint density at radius 3 is 2.62 bits per heavy atom. The van der Waals surface area contributed by atoms with Gasteiger partial charge in [-0.15, -0.1) is 0 Å². The molecular formula is C11H12N4O4S2. The van der Waals surface area contributed by atoms with Gasteiger partial charge in [-0.05, 0) is 12.1 Å². The highest BCUT2D eigenvalue weighted by Crippen LogP contribution is 2.38. The van der Waals surface area contributed by atoms with Gasteiger partial charge in [0, 0.05) is 26.4 Å². The number of hydrogen-bond acceptors (Lipinski definition) is 7. The van der Waals surface area contributed by atoms with Crippen molar-refractivity contribution in [2.24, 2.45) is 0 Å². The Kier molecular flexibility index (Phi) is 4.09. The van der Waals surface area contributed by atoms with Crippen molar-refractivity contribution in [2.45, 2.75) is 4.21 Å². The van der Waals surface area contributed by atoms with Crippen molar-refractivity contribution >= 4 is 37.9 Å². The predicted molar refractivity (Wildman–Crippen MR) is 80.3 cm³/mol. The second kappa shape index (κ2) is 5.66. The number of anilines is 2. The molecule has 2 rings (SSSR count). The fourth-order valence-corrected chi connectivity index (χ4v) is 4.20. The van der Waals surface area contributed by atoms with Crippen molar-refractivity contribution in [1.29, 1.82) is 0 Å². The van der Waals surface area contributed by atoms with E-state index < -0.39 is 14.9 Å². The number of nitrogens with one attached hydrogen (secondary N) is 1. The topological polar surface area (TPSA) is 105 Å².